The van der Waals surface area contributed by atoms with Crippen LogP contribution in [0.4, 0.5) is 0 Å². The van der Waals surface area contributed by atoms with Crippen LogP contribution in [0.25, 0.3) is 0 Å². The minimum Gasteiger partial charge on any atom is -0.311 e. The van der Waals surface area contributed by atoms with Gasteiger partial charge < -0.3 is 5.32 Å². The van der Waals surface area contributed by atoms with Crippen molar-refractivity contribution in [3.63, 3.8) is 0 Å². The summed E-state index contributed by atoms with van der Waals surface area (Å²) in [5.41, 5.74) is 2.28. The van der Waals surface area contributed by atoms with Crippen molar-refractivity contribution in [3.05, 3.63) is 17.5 Å². The third-order valence-corrected chi connectivity index (χ3v) is 2.67. The number of rotatable bonds is 6. The van der Waals surface area contributed by atoms with Crippen molar-refractivity contribution in [2.24, 2.45) is 5.92 Å². The Hall–Kier alpha value is -0.830. The maximum atomic E-state index is 4.26. The van der Waals surface area contributed by atoms with Gasteiger partial charge in [0.1, 0.15) is 0 Å². The first-order valence-corrected chi connectivity index (χ1v) is 6.24. The first-order chi connectivity index (χ1) is 7.47. The van der Waals surface area contributed by atoms with Gasteiger partial charge in [-0.05, 0) is 39.2 Å². The predicted octanol–water partition coefficient (Wildman–Crippen LogP) is 2.67. The van der Waals surface area contributed by atoms with Crippen molar-refractivity contribution in [1.82, 2.24) is 15.5 Å². The van der Waals surface area contributed by atoms with Gasteiger partial charge in [-0.1, -0.05) is 13.8 Å². The Labute approximate surface area is 99.0 Å². The number of H-pyrrole nitrogens is 1. The van der Waals surface area contributed by atoms with Crippen LogP contribution >= 0.6 is 0 Å². The molecule has 0 aliphatic heterocycles. The molecule has 3 heteroatoms. The largest absolute Gasteiger partial charge is 0.311 e. The zero-order valence-electron chi connectivity index (χ0n) is 11.2. The molecule has 1 heterocycles. The maximum absolute atomic E-state index is 4.26. The van der Waals surface area contributed by atoms with Crippen LogP contribution in [0.15, 0.2) is 6.07 Å². The number of hydrogen-bond acceptors (Lipinski definition) is 2. The van der Waals surface area contributed by atoms with Gasteiger partial charge in [-0.25, -0.2) is 0 Å². The van der Waals surface area contributed by atoms with Gasteiger partial charge in [0.2, 0.25) is 0 Å². The molecule has 16 heavy (non-hydrogen) atoms. The van der Waals surface area contributed by atoms with E-state index in [0.717, 1.165) is 23.7 Å². The molecular weight excluding hydrogens is 198 g/mol. The lowest BCUT2D eigenvalue weighted by molar-refractivity contribution is 0.398. The third kappa shape index (κ3) is 4.79. The minimum atomic E-state index is 0.483. The van der Waals surface area contributed by atoms with Crippen LogP contribution in [0.1, 0.15) is 45.5 Å². The van der Waals surface area contributed by atoms with E-state index in [0.29, 0.717) is 12.1 Å². The number of hydrogen-bond donors (Lipinski definition) is 2. The van der Waals surface area contributed by atoms with Crippen molar-refractivity contribution < 1.29 is 0 Å². The first kappa shape index (κ1) is 13.2. The fourth-order valence-corrected chi connectivity index (χ4v) is 2.21. The standard InChI is InChI=1S/C13H25N3/c1-9(2)6-10(3)14-11(4)7-13-8-12(5)15-16-13/h8-11,14H,6-7H2,1-5H3,(H,15,16). The van der Waals surface area contributed by atoms with E-state index in [4.69, 9.17) is 0 Å². The molecule has 92 valence electrons. The lowest BCUT2D eigenvalue weighted by Crippen LogP contribution is -2.36. The Balaban J connectivity index is 2.32. The van der Waals surface area contributed by atoms with E-state index in [1.54, 1.807) is 0 Å². The average molecular weight is 223 g/mol. The van der Waals surface area contributed by atoms with Crippen LogP contribution < -0.4 is 5.32 Å². The average Bonchev–Trinajstić information content (AvgIpc) is 2.48. The molecule has 1 rings (SSSR count). The molecule has 0 spiro atoms. The second-order valence-electron chi connectivity index (χ2n) is 5.34. The van der Waals surface area contributed by atoms with Crippen molar-refractivity contribution >= 4 is 0 Å². The highest BCUT2D eigenvalue weighted by atomic mass is 15.1. The van der Waals surface area contributed by atoms with Gasteiger partial charge in [-0.3, -0.25) is 5.10 Å². The number of aromatic amines is 1. The summed E-state index contributed by atoms with van der Waals surface area (Å²) in [5.74, 6) is 0.752. The number of aryl methyl sites for hydroxylation is 1. The van der Waals surface area contributed by atoms with Crippen LogP contribution in [0, 0.1) is 12.8 Å². The highest BCUT2D eigenvalue weighted by Gasteiger charge is 2.10. The summed E-state index contributed by atoms with van der Waals surface area (Å²) in [5, 5.41) is 10.9. The Morgan fingerprint density at radius 3 is 2.44 bits per heavy atom. The molecule has 3 nitrogen and oxygen atoms in total. The molecule has 0 aliphatic rings. The highest BCUT2D eigenvalue weighted by Crippen LogP contribution is 2.07. The van der Waals surface area contributed by atoms with Crippen molar-refractivity contribution in [2.75, 3.05) is 0 Å². The molecule has 0 saturated heterocycles. The van der Waals surface area contributed by atoms with Gasteiger partial charge in [0.15, 0.2) is 0 Å². The summed E-state index contributed by atoms with van der Waals surface area (Å²) in [6.45, 7) is 11.0. The SMILES string of the molecule is Cc1cc(CC(C)NC(C)CC(C)C)n[nH]1. The van der Waals surface area contributed by atoms with E-state index >= 15 is 0 Å². The van der Waals surface area contributed by atoms with Crippen LogP contribution in [0.3, 0.4) is 0 Å². The van der Waals surface area contributed by atoms with E-state index in [-0.39, 0.29) is 0 Å². The molecule has 2 unspecified atom stereocenters. The second-order valence-corrected chi connectivity index (χ2v) is 5.34. The van der Waals surface area contributed by atoms with Crippen LogP contribution in [0.2, 0.25) is 0 Å². The molecule has 2 atom stereocenters. The molecule has 2 N–H and O–H groups in total. The van der Waals surface area contributed by atoms with E-state index in [9.17, 15) is 0 Å². The summed E-state index contributed by atoms with van der Waals surface area (Å²) >= 11 is 0. The molecular formula is C13H25N3. The summed E-state index contributed by atoms with van der Waals surface area (Å²) in [6.07, 6.45) is 2.22. The van der Waals surface area contributed by atoms with Gasteiger partial charge in [0.25, 0.3) is 0 Å². The maximum Gasteiger partial charge on any atom is 0.0640 e. The van der Waals surface area contributed by atoms with E-state index in [2.05, 4.69) is 49.3 Å². The third-order valence-electron chi connectivity index (χ3n) is 2.67. The lowest BCUT2D eigenvalue weighted by atomic mass is 10.0. The predicted molar refractivity (Wildman–Crippen MR) is 68.5 cm³/mol. The van der Waals surface area contributed by atoms with E-state index in [1.807, 2.05) is 6.92 Å². The zero-order chi connectivity index (χ0) is 12.1. The summed E-state index contributed by atoms with van der Waals surface area (Å²) in [6, 6.07) is 3.18. The molecule has 0 saturated carbocycles. The fraction of sp³-hybridized carbons (Fsp3) is 0.769. The number of nitrogens with zero attached hydrogens (tertiary/aromatic N) is 1. The van der Waals surface area contributed by atoms with Crippen LogP contribution in [-0.4, -0.2) is 22.3 Å². The Morgan fingerprint density at radius 2 is 1.94 bits per heavy atom. The first-order valence-electron chi connectivity index (χ1n) is 6.24. The Kier molecular flexibility index (Phi) is 5.00. The van der Waals surface area contributed by atoms with Gasteiger partial charge >= 0.3 is 0 Å². The fourth-order valence-electron chi connectivity index (χ4n) is 2.21. The topological polar surface area (TPSA) is 40.7 Å². The smallest absolute Gasteiger partial charge is 0.0640 e. The molecule has 0 fully saturated rings. The van der Waals surface area contributed by atoms with Gasteiger partial charge in [-0.15, -0.1) is 0 Å². The molecule has 0 aliphatic carbocycles. The number of nitrogens with one attached hydrogen (secondary N) is 2. The van der Waals surface area contributed by atoms with Gasteiger partial charge in [0.05, 0.1) is 5.69 Å². The quantitative estimate of drug-likeness (QED) is 0.778. The highest BCUT2D eigenvalue weighted by molar-refractivity contribution is 5.07. The minimum absolute atomic E-state index is 0.483. The normalized spacial score (nSPS) is 15.4. The Bertz CT molecular complexity index is 304. The summed E-state index contributed by atoms with van der Waals surface area (Å²) in [7, 11) is 0. The van der Waals surface area contributed by atoms with Gasteiger partial charge in [-0.2, -0.15) is 5.10 Å². The molecule has 1 aromatic rings. The summed E-state index contributed by atoms with van der Waals surface area (Å²) < 4.78 is 0. The zero-order valence-corrected chi connectivity index (χ0v) is 11.2. The van der Waals surface area contributed by atoms with Crippen LogP contribution in [-0.2, 0) is 6.42 Å². The van der Waals surface area contributed by atoms with E-state index in [1.165, 1.54) is 6.42 Å². The Morgan fingerprint density at radius 1 is 1.25 bits per heavy atom. The number of aromatic nitrogens is 2. The molecule has 0 bridgehead atoms. The van der Waals surface area contributed by atoms with Gasteiger partial charge in [0, 0.05) is 24.2 Å². The monoisotopic (exact) mass is 223 g/mol. The van der Waals surface area contributed by atoms with Crippen molar-refractivity contribution in [2.45, 2.75) is 59.5 Å². The molecule has 0 aromatic carbocycles. The lowest BCUT2D eigenvalue weighted by Gasteiger charge is -2.20. The van der Waals surface area contributed by atoms with Crippen molar-refractivity contribution in [3.8, 4) is 0 Å². The van der Waals surface area contributed by atoms with Crippen molar-refractivity contribution in [1.29, 1.82) is 0 Å². The molecule has 1 aromatic heterocycles. The molecule has 0 amide bonds. The van der Waals surface area contributed by atoms with Crippen LogP contribution in [0.5, 0.6) is 0 Å². The second kappa shape index (κ2) is 6.04. The summed E-state index contributed by atoms with van der Waals surface area (Å²) in [4.78, 5) is 0. The molecule has 0 radical (unpaired) electrons. The van der Waals surface area contributed by atoms with E-state index < -0.39 is 0 Å².